The quantitative estimate of drug-likeness (QED) is 0.480. The lowest BCUT2D eigenvalue weighted by Crippen LogP contribution is -2.41. The zero-order valence-corrected chi connectivity index (χ0v) is 12.9. The van der Waals surface area contributed by atoms with Gasteiger partial charge in [-0.2, -0.15) is 0 Å². The van der Waals surface area contributed by atoms with E-state index in [1.54, 1.807) is 4.90 Å². The highest BCUT2D eigenvalue weighted by Gasteiger charge is 2.30. The number of alkyl halides is 1. The van der Waals surface area contributed by atoms with Crippen LogP contribution in [0.3, 0.4) is 0 Å². The molecule has 2 rings (SSSR count). The first-order valence-electron chi connectivity index (χ1n) is 6.85. The Hall–Kier alpha value is -1.33. The molecule has 21 heavy (non-hydrogen) atoms. The van der Waals surface area contributed by atoms with E-state index in [4.69, 9.17) is 23.2 Å². The topological polar surface area (TPSA) is 63.4 Å². The Labute approximate surface area is 133 Å². The molecule has 1 amide bonds. The van der Waals surface area contributed by atoms with Crippen molar-refractivity contribution in [3.8, 4) is 0 Å². The maximum absolute atomic E-state index is 12.7. The molecule has 7 heteroatoms. The van der Waals surface area contributed by atoms with E-state index in [1.807, 2.05) is 0 Å². The van der Waals surface area contributed by atoms with Crippen LogP contribution in [0.15, 0.2) is 18.2 Å². The molecule has 0 saturated carbocycles. The molecule has 1 aromatic carbocycles. The highest BCUT2D eigenvalue weighted by atomic mass is 35.5. The Balaban J connectivity index is 2.37. The minimum absolute atomic E-state index is 0.0320. The van der Waals surface area contributed by atoms with Gasteiger partial charge in [0, 0.05) is 29.6 Å². The lowest BCUT2D eigenvalue weighted by atomic mass is 10.1. The van der Waals surface area contributed by atoms with E-state index in [1.165, 1.54) is 18.2 Å². The summed E-state index contributed by atoms with van der Waals surface area (Å²) in [6.07, 6.45) is 3.75. The molecule has 5 nitrogen and oxygen atoms in total. The van der Waals surface area contributed by atoms with Crippen molar-refractivity contribution in [3.05, 3.63) is 38.9 Å². The van der Waals surface area contributed by atoms with Crippen molar-refractivity contribution < 1.29 is 9.72 Å². The van der Waals surface area contributed by atoms with Crippen molar-refractivity contribution in [3.63, 3.8) is 0 Å². The van der Waals surface area contributed by atoms with Crippen molar-refractivity contribution in [2.24, 2.45) is 0 Å². The summed E-state index contributed by atoms with van der Waals surface area (Å²) in [5.41, 5.74) is -0.188. The van der Waals surface area contributed by atoms with Crippen LogP contribution in [0, 0.1) is 10.1 Å². The first-order chi connectivity index (χ1) is 10.0. The predicted octanol–water partition coefficient (Wildman–Crippen LogP) is 3.87. The SMILES string of the molecule is O=C(c1cc(Cl)ccc1[N+](=O)[O-])N1CCCCCC1CCl. The number of nitro benzene ring substituents is 1. The third kappa shape index (κ3) is 3.66. The lowest BCUT2D eigenvalue weighted by molar-refractivity contribution is -0.385. The van der Waals surface area contributed by atoms with Crippen molar-refractivity contribution >= 4 is 34.8 Å². The van der Waals surface area contributed by atoms with Gasteiger partial charge in [-0.3, -0.25) is 14.9 Å². The van der Waals surface area contributed by atoms with Gasteiger partial charge in [-0.25, -0.2) is 0 Å². The predicted molar refractivity (Wildman–Crippen MR) is 82.1 cm³/mol. The normalized spacial score (nSPS) is 19.1. The molecular weight excluding hydrogens is 315 g/mol. The highest BCUT2D eigenvalue weighted by Crippen LogP contribution is 2.27. The molecule has 1 atom stereocenters. The van der Waals surface area contributed by atoms with E-state index in [0.717, 1.165) is 25.7 Å². The van der Waals surface area contributed by atoms with Crippen molar-refractivity contribution in [2.75, 3.05) is 12.4 Å². The fourth-order valence-corrected chi connectivity index (χ4v) is 3.09. The largest absolute Gasteiger partial charge is 0.334 e. The lowest BCUT2D eigenvalue weighted by Gasteiger charge is -2.28. The molecule has 0 radical (unpaired) electrons. The van der Waals surface area contributed by atoms with Crippen LogP contribution in [0.1, 0.15) is 36.0 Å². The standard InChI is InChI=1S/C14H16Cl2N2O3/c15-9-11-4-2-1-3-7-17(11)14(19)12-8-10(16)5-6-13(12)18(20)21/h5-6,8,11H,1-4,7,9H2. The van der Waals surface area contributed by atoms with Crippen LogP contribution in [-0.2, 0) is 0 Å². The van der Waals surface area contributed by atoms with Crippen molar-refractivity contribution in [1.82, 2.24) is 4.90 Å². The third-order valence-electron chi connectivity index (χ3n) is 3.70. The van der Waals surface area contributed by atoms with Crippen LogP contribution < -0.4 is 0 Å². The average Bonchev–Trinajstić information content (AvgIpc) is 2.71. The van der Waals surface area contributed by atoms with Gasteiger partial charge in [-0.1, -0.05) is 24.4 Å². The molecule has 1 aliphatic rings. The zero-order chi connectivity index (χ0) is 15.4. The molecule has 0 aromatic heterocycles. The molecule has 1 heterocycles. The van der Waals surface area contributed by atoms with Crippen LogP contribution in [-0.4, -0.2) is 34.2 Å². The maximum Gasteiger partial charge on any atom is 0.282 e. The summed E-state index contributed by atoms with van der Waals surface area (Å²) >= 11 is 11.8. The minimum atomic E-state index is -0.558. The van der Waals surface area contributed by atoms with E-state index < -0.39 is 4.92 Å². The monoisotopic (exact) mass is 330 g/mol. The average molecular weight is 331 g/mol. The second-order valence-corrected chi connectivity index (χ2v) is 5.82. The van der Waals surface area contributed by atoms with E-state index >= 15 is 0 Å². The number of hydrogen-bond donors (Lipinski definition) is 0. The van der Waals surface area contributed by atoms with Crippen LogP contribution in [0.4, 0.5) is 5.69 Å². The Kier molecular flexibility index (Phi) is 5.42. The third-order valence-corrected chi connectivity index (χ3v) is 4.29. The summed E-state index contributed by atoms with van der Waals surface area (Å²) < 4.78 is 0. The van der Waals surface area contributed by atoms with Crippen molar-refractivity contribution in [1.29, 1.82) is 0 Å². The smallest absolute Gasteiger partial charge is 0.282 e. The molecule has 1 saturated heterocycles. The summed E-state index contributed by atoms with van der Waals surface area (Å²) in [6, 6.07) is 3.96. The first-order valence-corrected chi connectivity index (χ1v) is 7.76. The molecule has 114 valence electrons. The van der Waals surface area contributed by atoms with Gasteiger partial charge in [-0.05, 0) is 25.0 Å². The van der Waals surface area contributed by atoms with Gasteiger partial charge in [0.15, 0.2) is 0 Å². The van der Waals surface area contributed by atoms with Gasteiger partial charge >= 0.3 is 0 Å². The van der Waals surface area contributed by atoms with Crippen LogP contribution in [0.2, 0.25) is 5.02 Å². The van der Waals surface area contributed by atoms with Gasteiger partial charge in [0.25, 0.3) is 11.6 Å². The molecule has 1 unspecified atom stereocenters. The van der Waals surface area contributed by atoms with Crippen LogP contribution in [0.5, 0.6) is 0 Å². The molecule has 0 bridgehead atoms. The van der Waals surface area contributed by atoms with E-state index in [0.29, 0.717) is 17.4 Å². The highest BCUT2D eigenvalue weighted by molar-refractivity contribution is 6.31. The molecule has 0 aliphatic carbocycles. The Bertz CT molecular complexity index is 551. The van der Waals surface area contributed by atoms with Crippen molar-refractivity contribution in [2.45, 2.75) is 31.7 Å². The summed E-state index contributed by atoms with van der Waals surface area (Å²) in [5, 5.41) is 11.4. The van der Waals surface area contributed by atoms with Crippen LogP contribution in [0.25, 0.3) is 0 Å². The molecule has 1 fully saturated rings. The summed E-state index contributed by atoms with van der Waals surface area (Å²) in [7, 11) is 0. The van der Waals surface area contributed by atoms with Gasteiger partial charge in [0.05, 0.1) is 4.92 Å². The summed E-state index contributed by atoms with van der Waals surface area (Å²) in [5.74, 6) is -0.0307. The van der Waals surface area contributed by atoms with E-state index in [2.05, 4.69) is 0 Å². The number of nitro groups is 1. The second-order valence-electron chi connectivity index (χ2n) is 5.07. The summed E-state index contributed by atoms with van der Waals surface area (Å²) in [6.45, 7) is 0.569. The van der Waals surface area contributed by atoms with Gasteiger partial charge in [0.1, 0.15) is 5.56 Å². The number of amides is 1. The number of likely N-dealkylation sites (tertiary alicyclic amines) is 1. The fourth-order valence-electron chi connectivity index (χ4n) is 2.60. The number of carbonyl (C=O) groups excluding carboxylic acids is 1. The maximum atomic E-state index is 12.7. The molecule has 1 aliphatic heterocycles. The van der Waals surface area contributed by atoms with Gasteiger partial charge < -0.3 is 4.90 Å². The summed E-state index contributed by atoms with van der Waals surface area (Å²) in [4.78, 5) is 24.9. The number of hydrogen-bond acceptors (Lipinski definition) is 3. The molecule has 1 aromatic rings. The number of halogens is 2. The number of rotatable bonds is 3. The first kappa shape index (κ1) is 16.0. The second kappa shape index (κ2) is 7.09. The van der Waals surface area contributed by atoms with Gasteiger partial charge in [-0.15, -0.1) is 11.6 Å². The molecule has 0 spiro atoms. The van der Waals surface area contributed by atoms with E-state index in [9.17, 15) is 14.9 Å². The number of nitrogens with zero attached hydrogens (tertiary/aromatic N) is 2. The van der Waals surface area contributed by atoms with E-state index in [-0.39, 0.29) is 23.2 Å². The van der Waals surface area contributed by atoms with Gasteiger partial charge in [0.2, 0.25) is 0 Å². The Morgan fingerprint density at radius 1 is 1.38 bits per heavy atom. The minimum Gasteiger partial charge on any atom is -0.334 e. The number of carbonyl (C=O) groups is 1. The molecular formula is C14H16Cl2N2O3. The Morgan fingerprint density at radius 3 is 2.81 bits per heavy atom. The fraction of sp³-hybridized carbons (Fsp3) is 0.500. The van der Waals surface area contributed by atoms with Crippen LogP contribution >= 0.6 is 23.2 Å². The number of benzene rings is 1. The zero-order valence-electron chi connectivity index (χ0n) is 11.4. The Morgan fingerprint density at radius 2 is 2.14 bits per heavy atom. The molecule has 0 N–H and O–H groups in total.